The lowest BCUT2D eigenvalue weighted by Crippen LogP contribution is -2.43. The number of aliphatic hydroxyl groups is 1. The Bertz CT molecular complexity index is 423. The number of halogens is 1. The van der Waals surface area contributed by atoms with E-state index < -0.39 is 0 Å². The van der Waals surface area contributed by atoms with E-state index in [9.17, 15) is 9.50 Å². The summed E-state index contributed by atoms with van der Waals surface area (Å²) in [5, 5.41) is 13.3. The van der Waals surface area contributed by atoms with E-state index in [0.29, 0.717) is 5.92 Å². The van der Waals surface area contributed by atoms with Crippen LogP contribution in [0.5, 0.6) is 0 Å². The summed E-state index contributed by atoms with van der Waals surface area (Å²) in [6.45, 7) is 8.04. The van der Waals surface area contributed by atoms with Crippen molar-refractivity contribution in [2.75, 3.05) is 26.2 Å². The van der Waals surface area contributed by atoms with Crippen LogP contribution < -0.4 is 5.32 Å². The van der Waals surface area contributed by atoms with E-state index in [4.69, 9.17) is 0 Å². The van der Waals surface area contributed by atoms with E-state index in [0.717, 1.165) is 44.6 Å². The first-order chi connectivity index (χ1) is 10.1. The second kappa shape index (κ2) is 7.87. The van der Waals surface area contributed by atoms with Gasteiger partial charge in [0.2, 0.25) is 0 Å². The fourth-order valence-electron chi connectivity index (χ4n) is 3.06. The molecule has 1 aromatic carbocycles. The molecule has 1 heterocycles. The van der Waals surface area contributed by atoms with Crippen LogP contribution >= 0.6 is 0 Å². The lowest BCUT2D eigenvalue weighted by Gasteiger charge is -2.35. The molecule has 1 fully saturated rings. The van der Waals surface area contributed by atoms with Crippen LogP contribution in [0, 0.1) is 11.7 Å². The molecule has 4 heteroatoms. The van der Waals surface area contributed by atoms with E-state index in [1.54, 1.807) is 0 Å². The van der Waals surface area contributed by atoms with Gasteiger partial charge in [-0.05, 0) is 49.5 Å². The van der Waals surface area contributed by atoms with E-state index in [1.807, 2.05) is 12.1 Å². The summed E-state index contributed by atoms with van der Waals surface area (Å²) in [6, 6.07) is 7.05. The van der Waals surface area contributed by atoms with E-state index in [1.165, 1.54) is 12.1 Å². The number of nitrogens with zero attached hydrogens (tertiary/aromatic N) is 1. The predicted molar refractivity (Wildman–Crippen MR) is 83.7 cm³/mol. The van der Waals surface area contributed by atoms with Crippen LogP contribution in [0.25, 0.3) is 0 Å². The third kappa shape index (κ3) is 4.77. The van der Waals surface area contributed by atoms with E-state index >= 15 is 0 Å². The number of hydrogen-bond donors (Lipinski definition) is 2. The maximum atomic E-state index is 13.0. The zero-order valence-electron chi connectivity index (χ0n) is 13.1. The summed E-state index contributed by atoms with van der Waals surface area (Å²) >= 11 is 0. The summed E-state index contributed by atoms with van der Waals surface area (Å²) in [5.41, 5.74) is 1.14. The van der Waals surface area contributed by atoms with Gasteiger partial charge < -0.3 is 15.3 Å². The van der Waals surface area contributed by atoms with Crippen LogP contribution in [-0.4, -0.2) is 42.3 Å². The molecule has 1 aliphatic rings. The number of rotatable bonds is 6. The van der Waals surface area contributed by atoms with Crippen molar-refractivity contribution in [2.24, 2.45) is 5.92 Å². The van der Waals surface area contributed by atoms with Gasteiger partial charge in [-0.25, -0.2) is 4.39 Å². The van der Waals surface area contributed by atoms with Gasteiger partial charge in [0.1, 0.15) is 5.82 Å². The SMILES string of the molecule is CCNC(CCN1CCC(O)C(C)C1)c1ccc(F)cc1. The number of piperidine rings is 1. The first-order valence-corrected chi connectivity index (χ1v) is 7.99. The van der Waals surface area contributed by atoms with Crippen molar-refractivity contribution in [1.82, 2.24) is 10.2 Å². The fraction of sp³-hybridized carbons (Fsp3) is 0.647. The monoisotopic (exact) mass is 294 g/mol. The molecule has 0 saturated carbocycles. The zero-order valence-corrected chi connectivity index (χ0v) is 13.1. The molecule has 1 aliphatic heterocycles. The molecular weight excluding hydrogens is 267 g/mol. The Morgan fingerprint density at radius 3 is 2.71 bits per heavy atom. The molecule has 1 aromatic rings. The maximum Gasteiger partial charge on any atom is 0.123 e. The standard InChI is InChI=1S/C17H27FN2O/c1-3-19-16(14-4-6-15(18)7-5-14)8-10-20-11-9-17(21)13(2)12-20/h4-7,13,16-17,19,21H,3,8-12H2,1-2H3. The van der Waals surface area contributed by atoms with Gasteiger partial charge in [-0.15, -0.1) is 0 Å². The number of nitrogens with one attached hydrogen (secondary N) is 1. The number of benzene rings is 1. The highest BCUT2D eigenvalue weighted by Crippen LogP contribution is 2.21. The third-order valence-corrected chi connectivity index (χ3v) is 4.40. The van der Waals surface area contributed by atoms with Gasteiger partial charge in [0.05, 0.1) is 6.10 Å². The summed E-state index contributed by atoms with van der Waals surface area (Å²) in [5.74, 6) is 0.162. The molecule has 0 bridgehead atoms. The summed E-state index contributed by atoms with van der Waals surface area (Å²) in [4.78, 5) is 2.42. The van der Waals surface area contributed by atoms with Crippen LogP contribution in [0.1, 0.15) is 38.3 Å². The van der Waals surface area contributed by atoms with Gasteiger partial charge in [-0.1, -0.05) is 26.0 Å². The van der Waals surface area contributed by atoms with Crippen molar-refractivity contribution in [3.05, 3.63) is 35.6 Å². The van der Waals surface area contributed by atoms with Crippen LogP contribution in [0.3, 0.4) is 0 Å². The topological polar surface area (TPSA) is 35.5 Å². The zero-order chi connectivity index (χ0) is 15.2. The molecule has 3 atom stereocenters. The minimum atomic E-state index is -0.187. The molecule has 2 rings (SSSR count). The molecule has 118 valence electrons. The van der Waals surface area contributed by atoms with Gasteiger partial charge >= 0.3 is 0 Å². The second-order valence-corrected chi connectivity index (χ2v) is 6.08. The average molecular weight is 294 g/mol. The molecular formula is C17H27FN2O. The number of likely N-dealkylation sites (tertiary alicyclic amines) is 1. The van der Waals surface area contributed by atoms with Gasteiger partial charge in [0.15, 0.2) is 0 Å². The van der Waals surface area contributed by atoms with Crippen molar-refractivity contribution in [3.8, 4) is 0 Å². The molecule has 3 nitrogen and oxygen atoms in total. The summed E-state index contributed by atoms with van der Waals surface area (Å²) in [6.07, 6.45) is 1.72. The summed E-state index contributed by atoms with van der Waals surface area (Å²) < 4.78 is 13.0. The van der Waals surface area contributed by atoms with Crippen molar-refractivity contribution in [1.29, 1.82) is 0 Å². The Morgan fingerprint density at radius 1 is 1.38 bits per heavy atom. The highest BCUT2D eigenvalue weighted by atomic mass is 19.1. The van der Waals surface area contributed by atoms with Crippen molar-refractivity contribution in [2.45, 2.75) is 38.8 Å². The van der Waals surface area contributed by atoms with Crippen LogP contribution in [0.2, 0.25) is 0 Å². The largest absolute Gasteiger partial charge is 0.393 e. The quantitative estimate of drug-likeness (QED) is 0.846. The minimum absolute atomic E-state index is 0.150. The predicted octanol–water partition coefficient (Wildman–Crippen LogP) is 2.57. The van der Waals surface area contributed by atoms with Crippen molar-refractivity contribution in [3.63, 3.8) is 0 Å². The lowest BCUT2D eigenvalue weighted by atomic mass is 9.96. The highest BCUT2D eigenvalue weighted by Gasteiger charge is 2.24. The van der Waals surface area contributed by atoms with Crippen LogP contribution in [0.15, 0.2) is 24.3 Å². The molecule has 0 amide bonds. The molecule has 0 radical (unpaired) electrons. The van der Waals surface area contributed by atoms with Gasteiger partial charge in [0, 0.05) is 19.1 Å². The maximum absolute atomic E-state index is 13.0. The first kappa shape index (κ1) is 16.4. The fourth-order valence-corrected chi connectivity index (χ4v) is 3.06. The third-order valence-electron chi connectivity index (χ3n) is 4.40. The van der Waals surface area contributed by atoms with Crippen LogP contribution in [0.4, 0.5) is 4.39 Å². The second-order valence-electron chi connectivity index (χ2n) is 6.08. The van der Waals surface area contributed by atoms with E-state index in [2.05, 4.69) is 24.1 Å². The average Bonchev–Trinajstić information content (AvgIpc) is 2.48. The molecule has 0 spiro atoms. The Hall–Kier alpha value is -0.970. The minimum Gasteiger partial charge on any atom is -0.393 e. The molecule has 0 aliphatic carbocycles. The van der Waals surface area contributed by atoms with Crippen molar-refractivity contribution < 1.29 is 9.50 Å². The molecule has 2 N–H and O–H groups in total. The normalized spacial score (nSPS) is 25.0. The Kier molecular flexibility index (Phi) is 6.15. The molecule has 1 saturated heterocycles. The number of aliphatic hydroxyl groups excluding tert-OH is 1. The lowest BCUT2D eigenvalue weighted by molar-refractivity contribution is 0.0337. The highest BCUT2D eigenvalue weighted by molar-refractivity contribution is 5.20. The van der Waals surface area contributed by atoms with Crippen molar-refractivity contribution >= 4 is 0 Å². The molecule has 3 unspecified atom stereocenters. The molecule has 0 aromatic heterocycles. The Morgan fingerprint density at radius 2 is 2.10 bits per heavy atom. The molecule has 21 heavy (non-hydrogen) atoms. The van der Waals surface area contributed by atoms with E-state index in [-0.39, 0.29) is 18.0 Å². The van der Waals surface area contributed by atoms with Gasteiger partial charge in [0.25, 0.3) is 0 Å². The Balaban J connectivity index is 1.89. The smallest absolute Gasteiger partial charge is 0.123 e. The summed E-state index contributed by atoms with van der Waals surface area (Å²) in [7, 11) is 0. The Labute approximate surface area is 127 Å². The van der Waals surface area contributed by atoms with Gasteiger partial charge in [-0.2, -0.15) is 0 Å². The van der Waals surface area contributed by atoms with Gasteiger partial charge in [-0.3, -0.25) is 0 Å². The first-order valence-electron chi connectivity index (χ1n) is 7.99. The number of hydrogen-bond acceptors (Lipinski definition) is 3. The van der Waals surface area contributed by atoms with Crippen LogP contribution in [-0.2, 0) is 0 Å².